The van der Waals surface area contributed by atoms with Crippen molar-refractivity contribution in [2.75, 3.05) is 0 Å². The quantitative estimate of drug-likeness (QED) is 0.438. The van der Waals surface area contributed by atoms with Crippen molar-refractivity contribution in [2.45, 2.75) is 6.92 Å². The van der Waals surface area contributed by atoms with Crippen LogP contribution < -0.4 is 0 Å². The standard InChI is InChI=1S/C8H3BrN4O2/c1-4-5(2-10)6(3-11)7(13(14)15)8(9)12-4/h1H3. The fourth-order valence-electron chi connectivity index (χ4n) is 1.07. The average Bonchev–Trinajstić information content (AvgIpc) is 2.15. The van der Waals surface area contributed by atoms with Gasteiger partial charge in [0.2, 0.25) is 0 Å². The molecule has 15 heavy (non-hydrogen) atoms. The van der Waals surface area contributed by atoms with Gasteiger partial charge in [0.1, 0.15) is 12.1 Å². The van der Waals surface area contributed by atoms with E-state index in [1.165, 1.54) is 6.92 Å². The molecule has 0 amide bonds. The summed E-state index contributed by atoms with van der Waals surface area (Å²) in [4.78, 5) is 13.7. The van der Waals surface area contributed by atoms with Crippen LogP contribution in [0, 0.1) is 39.7 Å². The van der Waals surface area contributed by atoms with Crippen molar-refractivity contribution >= 4 is 21.6 Å². The zero-order valence-corrected chi connectivity index (χ0v) is 9.07. The molecule has 1 aromatic rings. The van der Waals surface area contributed by atoms with Crippen molar-refractivity contribution in [1.82, 2.24) is 4.98 Å². The summed E-state index contributed by atoms with van der Waals surface area (Å²) >= 11 is 2.89. The molecule has 0 bridgehead atoms. The highest BCUT2D eigenvalue weighted by Crippen LogP contribution is 2.30. The Kier molecular flexibility index (Phi) is 2.98. The molecule has 0 aliphatic carbocycles. The van der Waals surface area contributed by atoms with E-state index in [1.54, 1.807) is 12.1 Å². The topological polar surface area (TPSA) is 104 Å². The Morgan fingerprint density at radius 1 is 1.40 bits per heavy atom. The third-order valence-corrected chi connectivity index (χ3v) is 2.27. The molecule has 0 fully saturated rings. The van der Waals surface area contributed by atoms with Crippen LogP contribution >= 0.6 is 15.9 Å². The molecule has 7 heteroatoms. The van der Waals surface area contributed by atoms with Crippen LogP contribution in [0.1, 0.15) is 16.8 Å². The molecular weight excluding hydrogens is 264 g/mol. The van der Waals surface area contributed by atoms with Crippen LogP contribution in [0.15, 0.2) is 4.60 Å². The number of nitrogens with zero attached hydrogens (tertiary/aromatic N) is 4. The first kappa shape index (κ1) is 11.1. The third kappa shape index (κ3) is 1.78. The lowest BCUT2D eigenvalue weighted by Crippen LogP contribution is -2.01. The SMILES string of the molecule is Cc1nc(Br)c([N+](=O)[O-])c(C#N)c1C#N. The third-order valence-electron chi connectivity index (χ3n) is 1.72. The Balaban J connectivity index is 3.76. The summed E-state index contributed by atoms with van der Waals surface area (Å²) < 4.78 is -0.0412. The van der Waals surface area contributed by atoms with E-state index in [4.69, 9.17) is 10.5 Å². The predicted octanol–water partition coefficient (Wildman–Crippen LogP) is 1.80. The summed E-state index contributed by atoms with van der Waals surface area (Å²) in [6.07, 6.45) is 0. The summed E-state index contributed by atoms with van der Waals surface area (Å²) in [6.45, 7) is 1.51. The molecule has 0 saturated heterocycles. The maximum Gasteiger partial charge on any atom is 0.320 e. The molecule has 74 valence electrons. The maximum absolute atomic E-state index is 10.7. The summed E-state index contributed by atoms with van der Waals surface area (Å²) in [7, 11) is 0. The van der Waals surface area contributed by atoms with Crippen LogP contribution in [0.2, 0.25) is 0 Å². The number of rotatable bonds is 1. The molecule has 0 aromatic carbocycles. The van der Waals surface area contributed by atoms with Gasteiger partial charge in [-0.3, -0.25) is 10.1 Å². The molecule has 0 spiro atoms. The van der Waals surface area contributed by atoms with Gasteiger partial charge in [-0.1, -0.05) is 0 Å². The molecule has 0 aliphatic heterocycles. The van der Waals surface area contributed by atoms with E-state index in [-0.39, 0.29) is 21.4 Å². The van der Waals surface area contributed by atoms with Crippen LogP contribution in [0.3, 0.4) is 0 Å². The van der Waals surface area contributed by atoms with E-state index in [0.29, 0.717) is 0 Å². The lowest BCUT2D eigenvalue weighted by molar-refractivity contribution is -0.386. The van der Waals surface area contributed by atoms with Gasteiger partial charge in [0.05, 0.1) is 16.2 Å². The Morgan fingerprint density at radius 3 is 2.33 bits per heavy atom. The van der Waals surface area contributed by atoms with Gasteiger partial charge in [0.25, 0.3) is 0 Å². The largest absolute Gasteiger partial charge is 0.320 e. The first-order valence-corrected chi connectivity index (χ1v) is 4.47. The fraction of sp³-hybridized carbons (Fsp3) is 0.125. The van der Waals surface area contributed by atoms with Crippen molar-refractivity contribution < 1.29 is 4.92 Å². The fourth-order valence-corrected chi connectivity index (χ4v) is 1.68. The minimum atomic E-state index is -0.740. The molecule has 0 atom stereocenters. The van der Waals surface area contributed by atoms with Crippen LogP contribution in [0.5, 0.6) is 0 Å². The minimum Gasteiger partial charge on any atom is -0.258 e. The van der Waals surface area contributed by atoms with Crippen LogP contribution in [0.25, 0.3) is 0 Å². The van der Waals surface area contributed by atoms with Crippen molar-refractivity contribution in [3.8, 4) is 12.1 Å². The highest BCUT2D eigenvalue weighted by atomic mass is 79.9. The van der Waals surface area contributed by atoms with Crippen LogP contribution in [-0.2, 0) is 0 Å². The van der Waals surface area contributed by atoms with Crippen molar-refractivity contribution in [3.63, 3.8) is 0 Å². The van der Waals surface area contributed by atoms with Crippen LogP contribution in [-0.4, -0.2) is 9.91 Å². The molecule has 0 saturated carbocycles. The summed E-state index contributed by atoms with van der Waals surface area (Å²) in [6, 6.07) is 3.37. The molecule has 1 heterocycles. The zero-order valence-electron chi connectivity index (χ0n) is 7.48. The second-order valence-corrected chi connectivity index (χ2v) is 3.32. The molecule has 0 radical (unpaired) electrons. The number of pyridine rings is 1. The zero-order chi connectivity index (χ0) is 11.6. The Labute approximate surface area is 93.1 Å². The smallest absolute Gasteiger partial charge is 0.258 e. The molecule has 0 unspecified atom stereocenters. The first-order chi connectivity index (χ1) is 7.02. The van der Waals surface area contributed by atoms with E-state index in [0.717, 1.165) is 0 Å². The highest BCUT2D eigenvalue weighted by Gasteiger charge is 2.25. The maximum atomic E-state index is 10.7. The Bertz CT molecular complexity index is 527. The molecule has 0 aliphatic rings. The lowest BCUT2D eigenvalue weighted by Gasteiger charge is -2.01. The summed E-state index contributed by atoms with van der Waals surface area (Å²) in [5.41, 5.74) is -0.513. The van der Waals surface area contributed by atoms with Gasteiger partial charge < -0.3 is 0 Å². The number of nitriles is 2. The number of hydrogen-bond acceptors (Lipinski definition) is 5. The normalized spacial score (nSPS) is 9.07. The molecular formula is C8H3BrN4O2. The average molecular weight is 267 g/mol. The van der Waals surface area contributed by atoms with Gasteiger partial charge in [0.15, 0.2) is 10.2 Å². The van der Waals surface area contributed by atoms with Gasteiger partial charge >= 0.3 is 5.69 Å². The second-order valence-electron chi connectivity index (χ2n) is 2.57. The molecule has 1 aromatic heterocycles. The van der Waals surface area contributed by atoms with Gasteiger partial charge in [-0.15, -0.1) is 0 Å². The summed E-state index contributed by atoms with van der Waals surface area (Å²) in [5.74, 6) is 0. The molecule has 6 nitrogen and oxygen atoms in total. The van der Waals surface area contributed by atoms with Gasteiger partial charge in [-0.05, 0) is 22.9 Å². The van der Waals surface area contributed by atoms with Crippen molar-refractivity contribution in [1.29, 1.82) is 10.5 Å². The minimum absolute atomic E-state index is 0.0412. The predicted molar refractivity (Wildman–Crippen MR) is 52.8 cm³/mol. The number of nitro groups is 1. The number of aryl methyl sites for hydroxylation is 1. The van der Waals surface area contributed by atoms with E-state index in [9.17, 15) is 10.1 Å². The highest BCUT2D eigenvalue weighted by molar-refractivity contribution is 9.10. The van der Waals surface area contributed by atoms with E-state index in [1.807, 2.05) is 0 Å². The van der Waals surface area contributed by atoms with Gasteiger partial charge in [-0.2, -0.15) is 10.5 Å². The lowest BCUT2D eigenvalue weighted by atomic mass is 10.1. The molecule has 1 rings (SSSR count). The second kappa shape index (κ2) is 4.03. The van der Waals surface area contributed by atoms with Gasteiger partial charge in [0, 0.05) is 0 Å². The van der Waals surface area contributed by atoms with Crippen LogP contribution in [0.4, 0.5) is 5.69 Å². The van der Waals surface area contributed by atoms with Crippen molar-refractivity contribution in [3.05, 3.63) is 31.5 Å². The Hall–Kier alpha value is -1.99. The first-order valence-electron chi connectivity index (χ1n) is 3.67. The molecule has 0 N–H and O–H groups in total. The van der Waals surface area contributed by atoms with E-state index < -0.39 is 10.6 Å². The van der Waals surface area contributed by atoms with Gasteiger partial charge in [-0.25, -0.2) is 4.98 Å². The van der Waals surface area contributed by atoms with E-state index in [2.05, 4.69) is 20.9 Å². The Morgan fingerprint density at radius 2 is 1.93 bits per heavy atom. The number of aromatic nitrogens is 1. The monoisotopic (exact) mass is 266 g/mol. The summed E-state index contributed by atoms with van der Waals surface area (Å²) in [5, 5.41) is 28.2. The van der Waals surface area contributed by atoms with Crippen molar-refractivity contribution in [2.24, 2.45) is 0 Å². The van der Waals surface area contributed by atoms with E-state index >= 15 is 0 Å². The number of hydrogen-bond donors (Lipinski definition) is 0. The number of halogens is 1.